The molecule has 0 bridgehead atoms. The maximum atomic E-state index is 14.1. The number of benzene rings is 2. The number of hydrogen-bond donors (Lipinski definition) is 0. The van der Waals surface area contributed by atoms with E-state index in [-0.39, 0.29) is 27.7 Å². The molecule has 3 nitrogen and oxygen atoms in total. The van der Waals surface area contributed by atoms with Crippen molar-refractivity contribution in [2.75, 3.05) is 6.61 Å². The SMILES string of the molecule is Cc1ccc(S(=O)(=O)C2=CCOc3c(F)ccc(F)c32)cc1. The summed E-state index contributed by atoms with van der Waals surface area (Å²) in [5.74, 6) is -1.99. The molecule has 0 saturated carbocycles. The Labute approximate surface area is 126 Å². The predicted molar refractivity (Wildman–Crippen MR) is 78.2 cm³/mol. The summed E-state index contributed by atoms with van der Waals surface area (Å²) in [6.07, 6.45) is 1.25. The Morgan fingerprint density at radius 3 is 2.32 bits per heavy atom. The minimum Gasteiger partial charge on any atom is -0.486 e. The fourth-order valence-corrected chi connectivity index (χ4v) is 3.79. The van der Waals surface area contributed by atoms with Gasteiger partial charge in [0.05, 0.1) is 15.4 Å². The summed E-state index contributed by atoms with van der Waals surface area (Å²) in [5, 5.41) is 0. The van der Waals surface area contributed by atoms with Crippen molar-refractivity contribution in [3.05, 3.63) is 65.2 Å². The second-order valence-corrected chi connectivity index (χ2v) is 6.85. The predicted octanol–water partition coefficient (Wildman–Crippen LogP) is 3.48. The van der Waals surface area contributed by atoms with Gasteiger partial charge in [-0.1, -0.05) is 17.7 Å². The zero-order valence-corrected chi connectivity index (χ0v) is 12.5. The maximum absolute atomic E-state index is 14.1. The highest BCUT2D eigenvalue weighted by Crippen LogP contribution is 2.39. The van der Waals surface area contributed by atoms with Gasteiger partial charge in [-0.3, -0.25) is 0 Å². The van der Waals surface area contributed by atoms with Gasteiger partial charge in [0.2, 0.25) is 9.84 Å². The van der Waals surface area contributed by atoms with E-state index in [4.69, 9.17) is 4.74 Å². The quantitative estimate of drug-likeness (QED) is 0.850. The molecule has 0 spiro atoms. The van der Waals surface area contributed by atoms with Crippen LogP contribution in [0.2, 0.25) is 0 Å². The first-order valence-electron chi connectivity index (χ1n) is 6.54. The summed E-state index contributed by atoms with van der Waals surface area (Å²) in [7, 11) is -3.96. The normalized spacial score (nSPS) is 14.0. The van der Waals surface area contributed by atoms with E-state index in [0.717, 1.165) is 17.7 Å². The first-order chi connectivity index (χ1) is 10.4. The highest BCUT2D eigenvalue weighted by Gasteiger charge is 2.31. The van der Waals surface area contributed by atoms with Crippen LogP contribution in [-0.4, -0.2) is 15.0 Å². The lowest BCUT2D eigenvalue weighted by Gasteiger charge is -2.20. The molecule has 0 saturated heterocycles. The highest BCUT2D eigenvalue weighted by molar-refractivity contribution is 8.00. The van der Waals surface area contributed by atoms with Gasteiger partial charge in [0.1, 0.15) is 12.4 Å². The maximum Gasteiger partial charge on any atom is 0.207 e. The molecule has 2 aromatic carbocycles. The van der Waals surface area contributed by atoms with Crippen LogP contribution in [0.15, 0.2) is 47.4 Å². The van der Waals surface area contributed by atoms with Crippen molar-refractivity contribution in [3.8, 4) is 5.75 Å². The van der Waals surface area contributed by atoms with Gasteiger partial charge in [0.25, 0.3) is 0 Å². The lowest BCUT2D eigenvalue weighted by Crippen LogP contribution is -2.14. The molecular weight excluding hydrogens is 310 g/mol. The smallest absolute Gasteiger partial charge is 0.207 e. The summed E-state index contributed by atoms with van der Waals surface area (Å²) in [6.45, 7) is 1.70. The third-order valence-electron chi connectivity index (χ3n) is 3.42. The fraction of sp³-hybridized carbons (Fsp3) is 0.125. The Bertz CT molecular complexity index is 869. The van der Waals surface area contributed by atoms with Crippen LogP contribution in [0.25, 0.3) is 4.91 Å². The van der Waals surface area contributed by atoms with Gasteiger partial charge in [-0.25, -0.2) is 17.2 Å². The summed E-state index contributed by atoms with van der Waals surface area (Å²) in [6, 6.07) is 7.98. The third kappa shape index (κ3) is 2.29. The van der Waals surface area contributed by atoms with Gasteiger partial charge in [-0.2, -0.15) is 0 Å². The molecular formula is C16H12F2O3S. The van der Waals surface area contributed by atoms with E-state index in [1.54, 1.807) is 12.1 Å². The van der Waals surface area contributed by atoms with Gasteiger partial charge >= 0.3 is 0 Å². The van der Waals surface area contributed by atoms with Crippen LogP contribution in [-0.2, 0) is 9.84 Å². The van der Waals surface area contributed by atoms with Crippen LogP contribution in [0, 0.1) is 18.6 Å². The van der Waals surface area contributed by atoms with Gasteiger partial charge < -0.3 is 4.74 Å². The first kappa shape index (κ1) is 14.7. The molecule has 3 rings (SSSR count). The van der Waals surface area contributed by atoms with E-state index in [0.29, 0.717) is 0 Å². The monoisotopic (exact) mass is 322 g/mol. The van der Waals surface area contributed by atoms with Crippen molar-refractivity contribution in [1.29, 1.82) is 0 Å². The molecule has 114 valence electrons. The summed E-state index contributed by atoms with van der Waals surface area (Å²) < 4.78 is 58.3. The number of halogens is 2. The van der Waals surface area contributed by atoms with Gasteiger partial charge in [-0.05, 0) is 37.3 Å². The molecule has 0 N–H and O–H groups in total. The molecule has 22 heavy (non-hydrogen) atoms. The molecule has 1 aliphatic heterocycles. The van der Waals surface area contributed by atoms with E-state index >= 15 is 0 Å². The zero-order valence-electron chi connectivity index (χ0n) is 11.6. The molecule has 1 heterocycles. The molecule has 1 aliphatic rings. The van der Waals surface area contributed by atoms with E-state index in [1.165, 1.54) is 18.2 Å². The average Bonchev–Trinajstić information content (AvgIpc) is 2.51. The Morgan fingerprint density at radius 1 is 1.00 bits per heavy atom. The van der Waals surface area contributed by atoms with Crippen molar-refractivity contribution in [1.82, 2.24) is 0 Å². The van der Waals surface area contributed by atoms with Crippen LogP contribution >= 0.6 is 0 Å². The number of ether oxygens (including phenoxy) is 1. The molecule has 0 aliphatic carbocycles. The van der Waals surface area contributed by atoms with Crippen molar-refractivity contribution in [2.24, 2.45) is 0 Å². The van der Waals surface area contributed by atoms with Crippen molar-refractivity contribution >= 4 is 14.7 Å². The fourth-order valence-electron chi connectivity index (χ4n) is 2.30. The molecule has 0 fully saturated rings. The summed E-state index contributed by atoms with van der Waals surface area (Å²) >= 11 is 0. The van der Waals surface area contributed by atoms with Crippen LogP contribution in [0.4, 0.5) is 8.78 Å². The molecule has 0 radical (unpaired) electrons. The average molecular weight is 322 g/mol. The standard InChI is InChI=1S/C16H12F2O3S/c1-10-2-4-11(5-3-10)22(19,20)14-8-9-21-16-13(18)7-6-12(17)15(14)16/h2-8H,9H2,1H3. The highest BCUT2D eigenvalue weighted by atomic mass is 32.2. The molecule has 0 atom stereocenters. The van der Waals surface area contributed by atoms with E-state index in [9.17, 15) is 17.2 Å². The topological polar surface area (TPSA) is 43.4 Å². The Kier molecular flexibility index (Phi) is 3.48. The van der Waals surface area contributed by atoms with Crippen LogP contribution in [0.5, 0.6) is 5.75 Å². The van der Waals surface area contributed by atoms with Crippen LogP contribution in [0.3, 0.4) is 0 Å². The van der Waals surface area contributed by atoms with Crippen molar-refractivity contribution < 1.29 is 21.9 Å². The largest absolute Gasteiger partial charge is 0.486 e. The van der Waals surface area contributed by atoms with Gasteiger partial charge in [-0.15, -0.1) is 0 Å². The first-order valence-corrected chi connectivity index (χ1v) is 8.02. The van der Waals surface area contributed by atoms with Gasteiger partial charge in [0, 0.05) is 0 Å². The zero-order chi connectivity index (χ0) is 15.9. The van der Waals surface area contributed by atoms with E-state index < -0.39 is 21.5 Å². The lowest BCUT2D eigenvalue weighted by molar-refractivity contribution is 0.333. The summed E-state index contributed by atoms with van der Waals surface area (Å²) in [5.41, 5.74) is 0.546. The minimum absolute atomic E-state index is 0.0286. The number of rotatable bonds is 2. The Balaban J connectivity index is 2.20. The number of sulfone groups is 1. The van der Waals surface area contributed by atoms with Crippen LogP contribution < -0.4 is 4.74 Å². The molecule has 0 unspecified atom stereocenters. The summed E-state index contributed by atoms with van der Waals surface area (Å²) in [4.78, 5) is -0.240. The Hall–Kier alpha value is -2.21. The van der Waals surface area contributed by atoms with Crippen molar-refractivity contribution in [2.45, 2.75) is 11.8 Å². The second-order valence-electron chi connectivity index (χ2n) is 4.93. The number of aryl methyl sites for hydroxylation is 1. The Morgan fingerprint density at radius 2 is 1.64 bits per heavy atom. The van der Waals surface area contributed by atoms with E-state index in [2.05, 4.69) is 0 Å². The molecule has 2 aromatic rings. The number of hydrogen-bond acceptors (Lipinski definition) is 3. The second kappa shape index (κ2) is 5.21. The minimum atomic E-state index is -3.96. The molecule has 0 aromatic heterocycles. The van der Waals surface area contributed by atoms with Crippen LogP contribution in [0.1, 0.15) is 11.1 Å². The van der Waals surface area contributed by atoms with Gasteiger partial charge in [0.15, 0.2) is 11.6 Å². The molecule has 6 heteroatoms. The third-order valence-corrected chi connectivity index (χ3v) is 5.26. The lowest BCUT2D eigenvalue weighted by atomic mass is 10.1. The van der Waals surface area contributed by atoms with Crippen molar-refractivity contribution in [3.63, 3.8) is 0 Å². The molecule has 0 amide bonds. The van der Waals surface area contributed by atoms with E-state index in [1.807, 2.05) is 6.92 Å². The number of fused-ring (bicyclic) bond motifs is 1.